The summed E-state index contributed by atoms with van der Waals surface area (Å²) in [5, 5.41) is 4.60. The Hall–Kier alpha value is -2.44. The van der Waals surface area contributed by atoms with E-state index in [0.29, 0.717) is 6.42 Å². The molecule has 150 valence electrons. The fourth-order valence-electron chi connectivity index (χ4n) is 3.53. The summed E-state index contributed by atoms with van der Waals surface area (Å²) in [4.78, 5) is 19.7. The van der Waals surface area contributed by atoms with Gasteiger partial charge in [-0.1, -0.05) is 29.8 Å². The van der Waals surface area contributed by atoms with Gasteiger partial charge in [-0.25, -0.2) is 4.98 Å². The van der Waals surface area contributed by atoms with Gasteiger partial charge in [-0.05, 0) is 67.6 Å². The number of hydrogen-bond donors (Lipinski definition) is 1. The normalized spacial score (nSPS) is 16.2. The molecule has 1 N–H and O–H groups in total. The molecule has 29 heavy (non-hydrogen) atoms. The number of nitrogens with zero attached hydrogens (tertiary/aromatic N) is 3. The second kappa shape index (κ2) is 8.51. The van der Waals surface area contributed by atoms with E-state index >= 15 is 0 Å². The summed E-state index contributed by atoms with van der Waals surface area (Å²) < 4.78 is 4.50. The number of nitrogens with one attached hydrogen (secondary N) is 1. The van der Waals surface area contributed by atoms with Crippen molar-refractivity contribution in [3.63, 3.8) is 0 Å². The molecule has 1 aromatic heterocycles. The highest BCUT2D eigenvalue weighted by Gasteiger charge is 2.33. The van der Waals surface area contributed by atoms with Crippen LogP contribution in [0.25, 0.3) is 0 Å². The number of rotatable bonds is 5. The Morgan fingerprint density at radius 3 is 2.76 bits per heavy atom. The van der Waals surface area contributed by atoms with Crippen molar-refractivity contribution in [3.8, 4) is 0 Å². The summed E-state index contributed by atoms with van der Waals surface area (Å²) >= 11 is 7.31. The van der Waals surface area contributed by atoms with Crippen molar-refractivity contribution in [2.75, 3.05) is 16.8 Å². The van der Waals surface area contributed by atoms with Crippen LogP contribution in [-0.2, 0) is 11.2 Å². The van der Waals surface area contributed by atoms with Crippen molar-refractivity contribution in [2.24, 2.45) is 0 Å². The number of benzene rings is 2. The predicted molar refractivity (Wildman–Crippen MR) is 119 cm³/mol. The van der Waals surface area contributed by atoms with Gasteiger partial charge in [0.25, 0.3) is 0 Å². The molecule has 0 spiro atoms. The Morgan fingerprint density at radius 2 is 2.00 bits per heavy atom. The summed E-state index contributed by atoms with van der Waals surface area (Å²) in [5.74, 6) is 0.785. The highest BCUT2D eigenvalue weighted by molar-refractivity contribution is 7.09. The Labute approximate surface area is 179 Å². The maximum absolute atomic E-state index is 12.9. The molecular weight excluding hydrogens is 404 g/mol. The molecule has 2 heterocycles. The first kappa shape index (κ1) is 19.9. The predicted octanol–water partition coefficient (Wildman–Crippen LogP) is 5.01. The zero-order valence-corrected chi connectivity index (χ0v) is 18.1. The summed E-state index contributed by atoms with van der Waals surface area (Å²) in [6.45, 7) is 4.94. The van der Waals surface area contributed by atoms with E-state index in [0.717, 1.165) is 46.6 Å². The summed E-state index contributed by atoms with van der Waals surface area (Å²) in [7, 11) is 0. The topological polar surface area (TPSA) is 58.1 Å². The van der Waals surface area contributed by atoms with E-state index in [1.165, 1.54) is 22.7 Å². The number of hydrogen-bond acceptors (Lipinski definition) is 5. The number of aryl methyl sites for hydroxylation is 2. The van der Waals surface area contributed by atoms with Gasteiger partial charge in [0.1, 0.15) is 11.9 Å². The Bertz CT molecular complexity index is 1020. The average molecular weight is 427 g/mol. The van der Waals surface area contributed by atoms with Gasteiger partial charge >= 0.3 is 0 Å². The third kappa shape index (κ3) is 4.60. The van der Waals surface area contributed by atoms with Crippen LogP contribution in [0.15, 0.2) is 42.5 Å². The minimum absolute atomic E-state index is 0.0141. The first-order chi connectivity index (χ1) is 14.0. The third-order valence-electron chi connectivity index (χ3n) is 5.31. The van der Waals surface area contributed by atoms with Crippen molar-refractivity contribution < 1.29 is 4.79 Å². The molecular formula is C22H23ClN4OS. The smallest absolute Gasteiger partial charge is 0.247 e. The lowest BCUT2D eigenvalue weighted by atomic mass is 10.1. The highest BCUT2D eigenvalue weighted by Crippen LogP contribution is 2.28. The van der Waals surface area contributed by atoms with Crippen molar-refractivity contribution in [1.82, 2.24) is 9.36 Å². The van der Waals surface area contributed by atoms with Crippen LogP contribution in [0.3, 0.4) is 0 Å². The zero-order chi connectivity index (χ0) is 20.4. The lowest BCUT2D eigenvalue weighted by Crippen LogP contribution is -2.39. The van der Waals surface area contributed by atoms with Crippen LogP contribution in [0.2, 0.25) is 5.02 Å². The van der Waals surface area contributed by atoms with Crippen LogP contribution in [0.4, 0.5) is 10.8 Å². The molecule has 1 amide bonds. The summed E-state index contributed by atoms with van der Waals surface area (Å²) in [6, 6.07) is 13.5. The summed E-state index contributed by atoms with van der Waals surface area (Å²) in [5.41, 5.74) is 4.34. The maximum Gasteiger partial charge on any atom is 0.247 e. The number of carbonyl (C=O) groups is 1. The van der Waals surface area contributed by atoms with Crippen molar-refractivity contribution in [1.29, 1.82) is 0 Å². The van der Waals surface area contributed by atoms with Gasteiger partial charge in [0.2, 0.25) is 11.0 Å². The summed E-state index contributed by atoms with van der Waals surface area (Å²) in [6.07, 6.45) is 2.45. The quantitative estimate of drug-likeness (QED) is 0.623. The van der Waals surface area contributed by atoms with Crippen molar-refractivity contribution in [3.05, 3.63) is 70.0 Å². The van der Waals surface area contributed by atoms with E-state index in [4.69, 9.17) is 16.6 Å². The van der Waals surface area contributed by atoms with Crippen LogP contribution in [-0.4, -0.2) is 27.9 Å². The SMILES string of the molecule is Cc1ccc(NC(=O)C2CCCN2c2nc(Cc3ccc(Cl)cc3)ns2)cc1C. The van der Waals surface area contributed by atoms with E-state index in [2.05, 4.69) is 28.4 Å². The number of halogens is 1. The number of carbonyl (C=O) groups excluding carboxylic acids is 1. The van der Waals surface area contributed by atoms with Gasteiger partial charge in [-0.2, -0.15) is 4.37 Å². The molecule has 5 nitrogen and oxygen atoms in total. The van der Waals surface area contributed by atoms with Gasteiger partial charge < -0.3 is 10.2 Å². The van der Waals surface area contributed by atoms with Crippen molar-refractivity contribution in [2.45, 2.75) is 39.2 Å². The van der Waals surface area contributed by atoms with Crippen LogP contribution < -0.4 is 10.2 Å². The van der Waals surface area contributed by atoms with Gasteiger partial charge in [0, 0.05) is 35.2 Å². The molecule has 1 aliphatic rings. The third-order valence-corrected chi connectivity index (χ3v) is 6.35. The van der Waals surface area contributed by atoms with Gasteiger partial charge in [0.05, 0.1) is 0 Å². The van der Waals surface area contributed by atoms with Gasteiger partial charge in [0.15, 0.2) is 0 Å². The molecule has 1 aliphatic heterocycles. The first-order valence-corrected chi connectivity index (χ1v) is 10.9. The molecule has 1 atom stereocenters. The van der Waals surface area contributed by atoms with E-state index in [1.54, 1.807) is 0 Å². The zero-order valence-electron chi connectivity index (χ0n) is 16.5. The Kier molecular flexibility index (Phi) is 5.83. The first-order valence-electron chi connectivity index (χ1n) is 9.71. The second-order valence-electron chi connectivity index (χ2n) is 7.44. The molecule has 4 rings (SSSR count). The molecule has 1 unspecified atom stereocenters. The lowest BCUT2D eigenvalue weighted by molar-refractivity contribution is -0.117. The molecule has 1 fully saturated rings. The Morgan fingerprint density at radius 1 is 1.21 bits per heavy atom. The van der Waals surface area contributed by atoms with Crippen LogP contribution in [0.1, 0.15) is 35.4 Å². The highest BCUT2D eigenvalue weighted by atomic mass is 35.5. The van der Waals surface area contributed by atoms with E-state index < -0.39 is 0 Å². The van der Waals surface area contributed by atoms with Crippen LogP contribution >= 0.6 is 23.1 Å². The lowest BCUT2D eigenvalue weighted by Gasteiger charge is -2.22. The van der Waals surface area contributed by atoms with Crippen molar-refractivity contribution >= 4 is 39.9 Å². The minimum atomic E-state index is -0.215. The molecule has 0 aliphatic carbocycles. The fourth-order valence-corrected chi connectivity index (χ4v) is 4.42. The van der Waals surface area contributed by atoms with E-state index in [-0.39, 0.29) is 11.9 Å². The fraction of sp³-hybridized carbons (Fsp3) is 0.318. The molecule has 0 saturated carbocycles. The van der Waals surface area contributed by atoms with Gasteiger partial charge in [-0.15, -0.1) is 0 Å². The molecule has 0 radical (unpaired) electrons. The van der Waals surface area contributed by atoms with E-state index in [1.807, 2.05) is 42.5 Å². The molecule has 1 saturated heterocycles. The molecule has 7 heteroatoms. The average Bonchev–Trinajstić information content (AvgIpc) is 3.36. The van der Waals surface area contributed by atoms with Crippen LogP contribution in [0.5, 0.6) is 0 Å². The standard InChI is InChI=1S/C22H23ClN4OS/c1-14-5-10-18(12-15(14)2)24-21(28)19-4-3-11-27(19)22-25-20(26-29-22)13-16-6-8-17(23)9-7-16/h5-10,12,19H,3-4,11,13H2,1-2H3,(H,24,28). The maximum atomic E-state index is 12.9. The second-order valence-corrected chi connectivity index (χ2v) is 8.60. The monoisotopic (exact) mass is 426 g/mol. The number of anilines is 2. The minimum Gasteiger partial charge on any atom is -0.335 e. The number of aromatic nitrogens is 2. The largest absolute Gasteiger partial charge is 0.335 e. The molecule has 2 aromatic carbocycles. The Balaban J connectivity index is 1.45. The number of amides is 1. The molecule has 3 aromatic rings. The van der Waals surface area contributed by atoms with Gasteiger partial charge in [-0.3, -0.25) is 4.79 Å². The molecule has 0 bridgehead atoms. The van der Waals surface area contributed by atoms with E-state index in [9.17, 15) is 4.79 Å². The van der Waals surface area contributed by atoms with Crippen LogP contribution in [0, 0.1) is 13.8 Å².